The Balaban J connectivity index is 2.03. The van der Waals surface area contributed by atoms with Crippen LogP contribution < -0.4 is 10.9 Å². The molecule has 0 radical (unpaired) electrons. The molecule has 2 rings (SSSR count). The fraction of sp³-hybridized carbons (Fsp3) is 0.667. The monoisotopic (exact) mass is 255 g/mol. The number of H-pyrrole nitrogens is 1. The molecular formula is C12H18ClN3O. The van der Waals surface area contributed by atoms with Crippen molar-refractivity contribution in [1.82, 2.24) is 9.97 Å². The SMILES string of the molecule is O=c1[nH]cnc(NC2CCCCCCC2)c1Cl. The van der Waals surface area contributed by atoms with Crippen molar-refractivity contribution < 1.29 is 0 Å². The quantitative estimate of drug-likeness (QED) is 0.854. The molecule has 0 spiro atoms. The lowest BCUT2D eigenvalue weighted by Gasteiger charge is -2.21. The Labute approximate surface area is 106 Å². The van der Waals surface area contributed by atoms with Gasteiger partial charge >= 0.3 is 0 Å². The van der Waals surface area contributed by atoms with Crippen LogP contribution in [0, 0.1) is 0 Å². The molecule has 17 heavy (non-hydrogen) atoms. The molecule has 1 heterocycles. The van der Waals surface area contributed by atoms with Crippen LogP contribution in [-0.2, 0) is 0 Å². The van der Waals surface area contributed by atoms with Gasteiger partial charge in [-0.15, -0.1) is 0 Å². The minimum absolute atomic E-state index is 0.162. The molecule has 0 atom stereocenters. The summed E-state index contributed by atoms with van der Waals surface area (Å²) < 4.78 is 0. The zero-order chi connectivity index (χ0) is 12.1. The third-order valence-electron chi connectivity index (χ3n) is 3.24. The summed E-state index contributed by atoms with van der Waals surface area (Å²) in [6, 6.07) is 0.391. The number of halogens is 1. The minimum Gasteiger partial charge on any atom is -0.366 e. The van der Waals surface area contributed by atoms with E-state index in [-0.39, 0.29) is 10.6 Å². The van der Waals surface area contributed by atoms with E-state index < -0.39 is 0 Å². The summed E-state index contributed by atoms with van der Waals surface area (Å²) in [6.45, 7) is 0. The first-order valence-corrected chi connectivity index (χ1v) is 6.65. The van der Waals surface area contributed by atoms with Crippen molar-refractivity contribution in [2.75, 3.05) is 5.32 Å². The van der Waals surface area contributed by atoms with Crippen LogP contribution in [0.15, 0.2) is 11.1 Å². The van der Waals surface area contributed by atoms with Gasteiger partial charge in [0.2, 0.25) is 0 Å². The molecule has 0 aliphatic heterocycles. The average Bonchev–Trinajstić information content (AvgIpc) is 2.28. The number of hydrogen-bond donors (Lipinski definition) is 2. The van der Waals surface area contributed by atoms with Gasteiger partial charge < -0.3 is 10.3 Å². The fourth-order valence-corrected chi connectivity index (χ4v) is 2.44. The standard InChI is InChI=1S/C12H18ClN3O/c13-10-11(14-8-15-12(10)17)16-9-6-4-2-1-3-5-7-9/h8-9H,1-7H2,(H2,14,15,16,17). The van der Waals surface area contributed by atoms with Crippen molar-refractivity contribution in [2.45, 2.75) is 51.0 Å². The van der Waals surface area contributed by atoms with Crippen LogP contribution in [0.2, 0.25) is 5.02 Å². The Kier molecular flexibility index (Phi) is 4.42. The Morgan fingerprint density at radius 1 is 1.24 bits per heavy atom. The molecule has 1 aromatic rings. The lowest BCUT2D eigenvalue weighted by atomic mass is 9.97. The molecule has 1 aromatic heterocycles. The molecule has 0 unspecified atom stereocenters. The predicted molar refractivity (Wildman–Crippen MR) is 69.6 cm³/mol. The molecule has 0 amide bonds. The van der Waals surface area contributed by atoms with Crippen molar-refractivity contribution in [2.24, 2.45) is 0 Å². The maximum Gasteiger partial charge on any atom is 0.271 e. The number of nitrogens with zero attached hydrogens (tertiary/aromatic N) is 1. The Morgan fingerprint density at radius 2 is 1.88 bits per heavy atom. The van der Waals surface area contributed by atoms with Gasteiger partial charge in [-0.3, -0.25) is 4.79 Å². The topological polar surface area (TPSA) is 57.8 Å². The molecule has 94 valence electrons. The average molecular weight is 256 g/mol. The number of nitrogens with one attached hydrogen (secondary N) is 2. The second-order valence-electron chi connectivity index (χ2n) is 4.58. The summed E-state index contributed by atoms with van der Waals surface area (Å²) in [6.07, 6.45) is 10.1. The van der Waals surface area contributed by atoms with Crippen LogP contribution in [-0.4, -0.2) is 16.0 Å². The molecule has 1 aliphatic carbocycles. The normalized spacial score (nSPS) is 18.4. The van der Waals surface area contributed by atoms with Gasteiger partial charge in [0.25, 0.3) is 5.56 Å². The number of anilines is 1. The van der Waals surface area contributed by atoms with Crippen LogP contribution in [0.4, 0.5) is 5.82 Å². The number of rotatable bonds is 2. The molecule has 5 heteroatoms. The van der Waals surface area contributed by atoms with Gasteiger partial charge in [-0.1, -0.05) is 43.7 Å². The smallest absolute Gasteiger partial charge is 0.271 e. The lowest BCUT2D eigenvalue weighted by molar-refractivity contribution is 0.470. The lowest BCUT2D eigenvalue weighted by Crippen LogP contribution is -2.23. The second-order valence-corrected chi connectivity index (χ2v) is 4.96. The highest BCUT2D eigenvalue weighted by molar-refractivity contribution is 6.32. The molecule has 1 saturated carbocycles. The van der Waals surface area contributed by atoms with Gasteiger partial charge in [-0.05, 0) is 12.8 Å². The van der Waals surface area contributed by atoms with Gasteiger partial charge in [0.15, 0.2) is 5.82 Å². The van der Waals surface area contributed by atoms with Gasteiger partial charge in [0.1, 0.15) is 5.02 Å². The maximum atomic E-state index is 11.3. The van der Waals surface area contributed by atoms with E-state index in [9.17, 15) is 4.79 Å². The summed E-state index contributed by atoms with van der Waals surface area (Å²) in [5.74, 6) is 0.515. The van der Waals surface area contributed by atoms with E-state index in [1.165, 1.54) is 38.4 Å². The Morgan fingerprint density at radius 3 is 2.59 bits per heavy atom. The van der Waals surface area contributed by atoms with Crippen molar-refractivity contribution >= 4 is 17.4 Å². The van der Waals surface area contributed by atoms with Gasteiger partial charge in [-0.2, -0.15) is 0 Å². The van der Waals surface area contributed by atoms with Gasteiger partial charge in [-0.25, -0.2) is 4.98 Å². The first-order valence-electron chi connectivity index (χ1n) is 6.27. The highest BCUT2D eigenvalue weighted by Crippen LogP contribution is 2.21. The van der Waals surface area contributed by atoms with Crippen LogP contribution in [0.3, 0.4) is 0 Å². The highest BCUT2D eigenvalue weighted by atomic mass is 35.5. The third-order valence-corrected chi connectivity index (χ3v) is 3.59. The van der Waals surface area contributed by atoms with Crippen LogP contribution in [0.5, 0.6) is 0 Å². The first kappa shape index (κ1) is 12.4. The summed E-state index contributed by atoms with van der Waals surface area (Å²) in [4.78, 5) is 17.9. The summed E-state index contributed by atoms with van der Waals surface area (Å²) >= 11 is 5.92. The van der Waals surface area contributed by atoms with Crippen molar-refractivity contribution in [3.8, 4) is 0 Å². The minimum atomic E-state index is -0.282. The summed E-state index contributed by atoms with van der Waals surface area (Å²) in [5, 5.41) is 3.46. The molecule has 2 N–H and O–H groups in total. The Hall–Kier alpha value is -1.03. The summed E-state index contributed by atoms with van der Waals surface area (Å²) in [5.41, 5.74) is -0.282. The van der Waals surface area contributed by atoms with Crippen LogP contribution in [0.25, 0.3) is 0 Å². The largest absolute Gasteiger partial charge is 0.366 e. The van der Waals surface area contributed by atoms with Crippen molar-refractivity contribution in [3.63, 3.8) is 0 Å². The fourth-order valence-electron chi connectivity index (χ4n) is 2.28. The van der Waals surface area contributed by atoms with Crippen LogP contribution >= 0.6 is 11.6 Å². The number of aromatic amines is 1. The number of aromatic nitrogens is 2. The van der Waals surface area contributed by atoms with Gasteiger partial charge in [0.05, 0.1) is 6.33 Å². The van der Waals surface area contributed by atoms with E-state index in [1.807, 2.05) is 0 Å². The molecule has 0 aromatic carbocycles. The molecule has 0 saturated heterocycles. The number of hydrogen-bond acceptors (Lipinski definition) is 3. The Bertz CT molecular complexity index is 410. The van der Waals surface area contributed by atoms with Crippen molar-refractivity contribution in [3.05, 3.63) is 21.7 Å². The van der Waals surface area contributed by atoms with E-state index in [1.54, 1.807) is 0 Å². The molecular weight excluding hydrogens is 238 g/mol. The predicted octanol–water partition coefficient (Wildman–Crippen LogP) is 2.95. The van der Waals surface area contributed by atoms with E-state index in [0.717, 1.165) is 12.8 Å². The van der Waals surface area contributed by atoms with E-state index >= 15 is 0 Å². The first-order chi connectivity index (χ1) is 8.27. The second kappa shape index (κ2) is 6.05. The maximum absolute atomic E-state index is 11.3. The molecule has 0 bridgehead atoms. The molecule has 1 fully saturated rings. The molecule has 1 aliphatic rings. The zero-order valence-electron chi connectivity index (χ0n) is 9.84. The zero-order valence-corrected chi connectivity index (χ0v) is 10.6. The summed E-state index contributed by atoms with van der Waals surface area (Å²) in [7, 11) is 0. The van der Waals surface area contributed by atoms with E-state index in [0.29, 0.717) is 11.9 Å². The highest BCUT2D eigenvalue weighted by Gasteiger charge is 2.14. The van der Waals surface area contributed by atoms with Gasteiger partial charge in [0, 0.05) is 6.04 Å². The van der Waals surface area contributed by atoms with Crippen molar-refractivity contribution in [1.29, 1.82) is 0 Å². The van der Waals surface area contributed by atoms with Crippen LogP contribution in [0.1, 0.15) is 44.9 Å². The van der Waals surface area contributed by atoms with E-state index in [4.69, 9.17) is 11.6 Å². The third kappa shape index (κ3) is 3.46. The van der Waals surface area contributed by atoms with E-state index in [2.05, 4.69) is 15.3 Å². The molecule has 4 nitrogen and oxygen atoms in total.